The first-order valence-electron chi connectivity index (χ1n) is 7.17. The van der Waals surface area contributed by atoms with E-state index in [0.29, 0.717) is 18.9 Å². The largest absolute Gasteiger partial charge is 0.311 e. The molecule has 20 heavy (non-hydrogen) atoms. The van der Waals surface area contributed by atoms with E-state index in [1.54, 1.807) is 0 Å². The summed E-state index contributed by atoms with van der Waals surface area (Å²) in [7, 11) is 0. The molecule has 0 bridgehead atoms. The Morgan fingerprint density at radius 1 is 1.25 bits per heavy atom. The van der Waals surface area contributed by atoms with Crippen LogP contribution in [0.3, 0.4) is 0 Å². The molecule has 0 saturated heterocycles. The molecule has 2 rings (SSSR count). The van der Waals surface area contributed by atoms with E-state index in [2.05, 4.69) is 5.32 Å². The van der Waals surface area contributed by atoms with Crippen molar-refractivity contribution in [2.24, 2.45) is 0 Å². The summed E-state index contributed by atoms with van der Waals surface area (Å²) in [6.07, 6.45) is 6.65. The fraction of sp³-hybridized carbons (Fsp3) is 0.600. The number of halogens is 1. The van der Waals surface area contributed by atoms with Crippen LogP contribution in [0.1, 0.15) is 37.7 Å². The van der Waals surface area contributed by atoms with Crippen LogP contribution in [-0.4, -0.2) is 23.2 Å². The molecule has 0 spiro atoms. The third-order valence-corrected chi connectivity index (χ3v) is 4.25. The zero-order valence-corrected chi connectivity index (χ0v) is 12.4. The molecule has 5 heteroatoms. The highest BCUT2D eigenvalue weighted by atomic mass is 32.2. The van der Waals surface area contributed by atoms with E-state index in [0.717, 1.165) is 19.4 Å². The van der Waals surface area contributed by atoms with Gasteiger partial charge >= 0.3 is 0 Å². The van der Waals surface area contributed by atoms with Gasteiger partial charge in [-0.2, -0.15) is 0 Å². The van der Waals surface area contributed by atoms with E-state index in [1.807, 2.05) is 12.1 Å². The Kier molecular flexibility index (Phi) is 6.29. The Morgan fingerprint density at radius 2 is 1.95 bits per heavy atom. The van der Waals surface area contributed by atoms with Crippen molar-refractivity contribution < 1.29 is 13.1 Å². The number of nitrogens with one attached hydrogen (secondary N) is 1. The Labute approximate surface area is 124 Å². The van der Waals surface area contributed by atoms with E-state index in [9.17, 15) is 4.39 Å². The zero-order chi connectivity index (χ0) is 14.3. The number of benzene rings is 1. The maximum absolute atomic E-state index is 13.0. The van der Waals surface area contributed by atoms with Gasteiger partial charge in [-0.05, 0) is 49.9 Å². The molecule has 0 heterocycles. The maximum atomic E-state index is 13.0. The molecule has 0 unspecified atom stereocenters. The van der Waals surface area contributed by atoms with Crippen molar-refractivity contribution in [2.45, 2.75) is 44.1 Å². The van der Waals surface area contributed by atoms with Crippen LogP contribution in [0.15, 0.2) is 24.3 Å². The second-order valence-electron chi connectivity index (χ2n) is 5.47. The second kappa shape index (κ2) is 7.98. The van der Waals surface area contributed by atoms with E-state index in [1.165, 1.54) is 43.4 Å². The highest BCUT2D eigenvalue weighted by Gasteiger charge is 2.33. The molecule has 0 radical (unpaired) electrons. The normalized spacial score (nSPS) is 17.5. The van der Waals surface area contributed by atoms with Crippen LogP contribution in [0, 0.1) is 5.82 Å². The summed E-state index contributed by atoms with van der Waals surface area (Å²) in [6, 6.07) is 6.82. The summed E-state index contributed by atoms with van der Waals surface area (Å²) < 4.78 is 26.3. The van der Waals surface area contributed by atoms with Crippen LogP contribution in [0.25, 0.3) is 0 Å². The Morgan fingerprint density at radius 3 is 2.60 bits per heavy atom. The minimum Gasteiger partial charge on any atom is -0.311 e. The first-order valence-corrected chi connectivity index (χ1v) is 7.86. The van der Waals surface area contributed by atoms with Gasteiger partial charge in [-0.1, -0.05) is 25.0 Å². The van der Waals surface area contributed by atoms with Crippen molar-refractivity contribution in [2.75, 3.05) is 13.2 Å². The standard InChI is InChI=1S/C15H22FNO2S/c16-14-6-4-13(5-7-14)12-15(8-1-2-9-15)17-10-3-11-19-20-18/h4-7,17-18H,1-3,8-12H2. The van der Waals surface area contributed by atoms with Crippen molar-refractivity contribution in [1.82, 2.24) is 5.32 Å². The van der Waals surface area contributed by atoms with Crippen molar-refractivity contribution in [3.63, 3.8) is 0 Å². The van der Waals surface area contributed by atoms with E-state index in [-0.39, 0.29) is 11.4 Å². The van der Waals surface area contributed by atoms with E-state index >= 15 is 0 Å². The predicted molar refractivity (Wildman–Crippen MR) is 80.1 cm³/mol. The fourth-order valence-corrected chi connectivity index (χ4v) is 3.18. The van der Waals surface area contributed by atoms with Gasteiger partial charge < -0.3 is 9.87 Å². The number of hydrogen-bond acceptors (Lipinski definition) is 4. The van der Waals surface area contributed by atoms with Gasteiger partial charge in [0, 0.05) is 5.54 Å². The lowest BCUT2D eigenvalue weighted by atomic mass is 9.89. The molecule has 0 aromatic heterocycles. The molecular formula is C15H22FNO2S. The van der Waals surface area contributed by atoms with Crippen LogP contribution >= 0.6 is 12.3 Å². The topological polar surface area (TPSA) is 41.5 Å². The molecule has 0 aliphatic heterocycles. The quantitative estimate of drug-likeness (QED) is 0.566. The summed E-state index contributed by atoms with van der Waals surface area (Å²) in [5, 5.41) is 3.65. The molecule has 1 aliphatic carbocycles. The average Bonchev–Trinajstić information content (AvgIpc) is 2.90. The summed E-state index contributed by atoms with van der Waals surface area (Å²) in [5.41, 5.74) is 1.33. The van der Waals surface area contributed by atoms with Crippen molar-refractivity contribution >= 4 is 12.3 Å². The van der Waals surface area contributed by atoms with Gasteiger partial charge in [-0.3, -0.25) is 4.18 Å². The molecule has 112 valence electrons. The highest BCUT2D eigenvalue weighted by Crippen LogP contribution is 2.32. The highest BCUT2D eigenvalue weighted by molar-refractivity contribution is 7.88. The molecule has 1 fully saturated rings. The molecule has 3 nitrogen and oxygen atoms in total. The van der Waals surface area contributed by atoms with Gasteiger partial charge in [0.05, 0.1) is 6.61 Å². The number of rotatable bonds is 8. The maximum Gasteiger partial charge on any atom is 0.155 e. The van der Waals surface area contributed by atoms with Crippen LogP contribution in [0.4, 0.5) is 4.39 Å². The zero-order valence-electron chi connectivity index (χ0n) is 11.6. The van der Waals surface area contributed by atoms with Crippen LogP contribution < -0.4 is 5.32 Å². The van der Waals surface area contributed by atoms with E-state index in [4.69, 9.17) is 8.74 Å². The van der Waals surface area contributed by atoms with Gasteiger partial charge in [-0.25, -0.2) is 4.39 Å². The smallest absolute Gasteiger partial charge is 0.155 e. The molecule has 1 aromatic rings. The predicted octanol–water partition coefficient (Wildman–Crippen LogP) is 3.80. The van der Waals surface area contributed by atoms with Gasteiger partial charge in [0.2, 0.25) is 0 Å². The second-order valence-corrected chi connectivity index (χ2v) is 5.85. The molecule has 0 atom stereocenters. The third kappa shape index (κ3) is 4.74. The molecular weight excluding hydrogens is 277 g/mol. The van der Waals surface area contributed by atoms with E-state index < -0.39 is 0 Å². The van der Waals surface area contributed by atoms with Crippen molar-refractivity contribution in [3.8, 4) is 0 Å². The van der Waals surface area contributed by atoms with Crippen molar-refractivity contribution in [3.05, 3.63) is 35.6 Å². The molecule has 1 aromatic carbocycles. The lowest BCUT2D eigenvalue weighted by Gasteiger charge is -2.31. The summed E-state index contributed by atoms with van der Waals surface area (Å²) in [4.78, 5) is 0. The average molecular weight is 299 g/mol. The van der Waals surface area contributed by atoms with Crippen LogP contribution in [-0.2, 0) is 10.6 Å². The Bertz CT molecular complexity index is 393. The SMILES string of the molecule is OSOCCCNC1(Cc2ccc(F)cc2)CCCC1. The van der Waals surface area contributed by atoms with Gasteiger partial charge in [0.15, 0.2) is 12.3 Å². The van der Waals surface area contributed by atoms with Gasteiger partial charge in [0.1, 0.15) is 5.82 Å². The summed E-state index contributed by atoms with van der Waals surface area (Å²) in [5.74, 6) is -0.180. The summed E-state index contributed by atoms with van der Waals surface area (Å²) in [6.45, 7) is 1.42. The van der Waals surface area contributed by atoms with Crippen molar-refractivity contribution in [1.29, 1.82) is 0 Å². The van der Waals surface area contributed by atoms with Gasteiger partial charge in [-0.15, -0.1) is 0 Å². The first-order chi connectivity index (χ1) is 9.74. The Hall–Kier alpha value is -0.620. The molecule has 0 amide bonds. The Balaban J connectivity index is 1.86. The van der Waals surface area contributed by atoms with Crippen LogP contribution in [0.2, 0.25) is 0 Å². The van der Waals surface area contributed by atoms with Gasteiger partial charge in [0.25, 0.3) is 0 Å². The monoisotopic (exact) mass is 299 g/mol. The lowest BCUT2D eigenvalue weighted by molar-refractivity contribution is 0.293. The minimum atomic E-state index is -0.180. The summed E-state index contributed by atoms with van der Waals surface area (Å²) >= 11 is 0.424. The minimum absolute atomic E-state index is 0.143. The third-order valence-electron chi connectivity index (χ3n) is 3.97. The lowest BCUT2D eigenvalue weighted by Crippen LogP contribution is -2.45. The molecule has 1 saturated carbocycles. The first kappa shape index (κ1) is 15.8. The molecule has 2 N–H and O–H groups in total. The van der Waals surface area contributed by atoms with Crippen LogP contribution in [0.5, 0.6) is 0 Å². The molecule has 1 aliphatic rings. The fourth-order valence-electron chi connectivity index (χ4n) is 2.98. The number of hydrogen-bond donors (Lipinski definition) is 2.